The maximum Gasteiger partial charge on any atom is 0.317 e. The summed E-state index contributed by atoms with van der Waals surface area (Å²) in [7, 11) is 0. The summed E-state index contributed by atoms with van der Waals surface area (Å²) in [5.74, 6) is 0. The van der Waals surface area contributed by atoms with Gasteiger partial charge in [-0.25, -0.2) is 13.9 Å². The largest absolute Gasteiger partial charge is 0.333 e. The average molecular weight is 316 g/mol. The Morgan fingerprint density at radius 3 is 2.65 bits per heavy atom. The summed E-state index contributed by atoms with van der Waals surface area (Å²) in [5, 5.41) is 6.90. The van der Waals surface area contributed by atoms with Gasteiger partial charge in [-0.05, 0) is 25.3 Å². The number of rotatable bonds is 4. The van der Waals surface area contributed by atoms with Crippen LogP contribution in [0.4, 0.5) is 9.18 Å². The van der Waals surface area contributed by atoms with Crippen molar-refractivity contribution >= 4 is 6.03 Å². The summed E-state index contributed by atoms with van der Waals surface area (Å²) in [5.41, 5.74) is 1.66. The molecule has 0 spiro atoms. The zero-order chi connectivity index (χ0) is 16.1. The van der Waals surface area contributed by atoms with Crippen molar-refractivity contribution in [3.05, 3.63) is 42.6 Å². The maximum absolute atomic E-state index is 14.3. The van der Waals surface area contributed by atoms with Crippen LogP contribution in [-0.2, 0) is 0 Å². The molecule has 1 N–H and O–H groups in total. The van der Waals surface area contributed by atoms with Gasteiger partial charge in [-0.15, -0.1) is 0 Å². The van der Waals surface area contributed by atoms with Crippen LogP contribution < -0.4 is 5.32 Å². The van der Waals surface area contributed by atoms with E-state index in [1.807, 2.05) is 30.3 Å². The highest BCUT2D eigenvalue weighted by molar-refractivity contribution is 5.74. The molecule has 1 aliphatic rings. The third-order valence-electron chi connectivity index (χ3n) is 4.03. The van der Waals surface area contributed by atoms with Crippen molar-refractivity contribution in [1.82, 2.24) is 20.0 Å². The van der Waals surface area contributed by atoms with Crippen molar-refractivity contribution in [3.63, 3.8) is 0 Å². The summed E-state index contributed by atoms with van der Waals surface area (Å²) in [4.78, 5) is 13.7. The number of benzene rings is 1. The first kappa shape index (κ1) is 15.5. The smallest absolute Gasteiger partial charge is 0.317 e. The number of urea groups is 1. The van der Waals surface area contributed by atoms with Crippen LogP contribution in [0.15, 0.2) is 42.6 Å². The predicted molar refractivity (Wildman–Crippen MR) is 86.6 cm³/mol. The Morgan fingerprint density at radius 1 is 1.17 bits per heavy atom. The minimum atomic E-state index is -1.37. The molecule has 2 heterocycles. The normalized spacial score (nSPS) is 16.1. The van der Waals surface area contributed by atoms with E-state index >= 15 is 0 Å². The fourth-order valence-corrected chi connectivity index (χ4v) is 2.73. The van der Waals surface area contributed by atoms with Gasteiger partial charge in [0.15, 0.2) is 0 Å². The van der Waals surface area contributed by atoms with Gasteiger partial charge in [0.25, 0.3) is 0 Å². The molecule has 1 aliphatic heterocycles. The molecule has 0 unspecified atom stereocenters. The van der Waals surface area contributed by atoms with Gasteiger partial charge in [-0.1, -0.05) is 30.3 Å². The highest BCUT2D eigenvalue weighted by Crippen LogP contribution is 2.18. The number of nitrogens with one attached hydrogen (secondary N) is 1. The maximum atomic E-state index is 14.3. The Morgan fingerprint density at radius 2 is 1.91 bits per heavy atom. The topological polar surface area (TPSA) is 50.2 Å². The van der Waals surface area contributed by atoms with E-state index in [1.54, 1.807) is 17.2 Å². The van der Waals surface area contributed by atoms with E-state index in [4.69, 9.17) is 0 Å². The van der Waals surface area contributed by atoms with Crippen molar-refractivity contribution in [1.29, 1.82) is 0 Å². The summed E-state index contributed by atoms with van der Waals surface area (Å²) >= 11 is 0. The molecule has 23 heavy (non-hydrogen) atoms. The molecule has 1 atom stereocenters. The summed E-state index contributed by atoms with van der Waals surface area (Å²) in [6, 6.07) is 11.2. The van der Waals surface area contributed by atoms with Crippen molar-refractivity contribution in [3.8, 4) is 11.3 Å². The number of aromatic nitrogens is 2. The van der Waals surface area contributed by atoms with Crippen LogP contribution in [0.25, 0.3) is 11.3 Å². The van der Waals surface area contributed by atoms with Gasteiger partial charge in [0.05, 0.1) is 12.2 Å². The van der Waals surface area contributed by atoms with Gasteiger partial charge in [0, 0.05) is 24.8 Å². The number of hydrogen-bond acceptors (Lipinski definition) is 2. The lowest BCUT2D eigenvalue weighted by Gasteiger charge is -2.27. The lowest BCUT2D eigenvalue weighted by Crippen LogP contribution is -2.44. The van der Waals surface area contributed by atoms with Crippen LogP contribution in [0, 0.1) is 0 Å². The quantitative estimate of drug-likeness (QED) is 0.941. The number of carbonyl (C=O) groups is 1. The number of carbonyl (C=O) groups excluding carboxylic acids is 1. The molecule has 1 fully saturated rings. The lowest BCUT2D eigenvalue weighted by molar-refractivity contribution is 0.171. The van der Waals surface area contributed by atoms with Crippen LogP contribution in [0.5, 0.6) is 0 Å². The van der Waals surface area contributed by atoms with Crippen molar-refractivity contribution < 1.29 is 9.18 Å². The molecule has 1 saturated heterocycles. The number of alkyl halides is 1. The summed E-state index contributed by atoms with van der Waals surface area (Å²) < 4.78 is 15.5. The summed E-state index contributed by atoms with van der Waals surface area (Å²) in [6.45, 7) is 1.43. The minimum Gasteiger partial charge on any atom is -0.333 e. The van der Waals surface area contributed by atoms with Crippen LogP contribution in [0.1, 0.15) is 25.6 Å². The number of nitrogens with zero attached hydrogens (tertiary/aromatic N) is 3. The molecule has 0 radical (unpaired) electrons. The van der Waals surface area contributed by atoms with Gasteiger partial charge < -0.3 is 10.2 Å². The highest BCUT2D eigenvalue weighted by atomic mass is 19.1. The van der Waals surface area contributed by atoms with E-state index < -0.39 is 6.30 Å². The van der Waals surface area contributed by atoms with Crippen molar-refractivity contribution in [2.75, 3.05) is 19.6 Å². The standard InChI is InChI=1S/C17H21FN4O/c18-16(13-19-17(23)21-10-5-2-6-11-21)22-12-9-15(20-22)14-7-3-1-4-8-14/h1,3-4,7-9,12,16H,2,5-6,10-11,13H2,(H,19,23)/t16-/m1/s1. The van der Waals surface area contributed by atoms with E-state index in [1.165, 1.54) is 4.68 Å². The minimum absolute atomic E-state index is 0.0781. The molecule has 3 rings (SSSR count). The molecule has 6 heteroatoms. The number of amides is 2. The Hall–Kier alpha value is -2.37. The number of piperidine rings is 1. The number of hydrogen-bond donors (Lipinski definition) is 1. The second kappa shape index (κ2) is 7.26. The Labute approximate surface area is 135 Å². The molecular weight excluding hydrogens is 295 g/mol. The van der Waals surface area contributed by atoms with Crippen molar-refractivity contribution in [2.24, 2.45) is 0 Å². The fraction of sp³-hybridized carbons (Fsp3) is 0.412. The fourth-order valence-electron chi connectivity index (χ4n) is 2.73. The van der Waals surface area contributed by atoms with Crippen LogP contribution in [-0.4, -0.2) is 40.3 Å². The molecule has 2 amide bonds. The molecular formula is C17H21FN4O. The molecule has 0 bridgehead atoms. The molecule has 2 aromatic rings. The first-order valence-corrected chi connectivity index (χ1v) is 8.01. The van der Waals surface area contributed by atoms with Crippen LogP contribution in [0.2, 0.25) is 0 Å². The van der Waals surface area contributed by atoms with Gasteiger partial charge >= 0.3 is 6.03 Å². The molecule has 5 nitrogen and oxygen atoms in total. The van der Waals surface area contributed by atoms with E-state index in [0.29, 0.717) is 0 Å². The number of halogens is 1. The van der Waals surface area contributed by atoms with Gasteiger partial charge in [-0.3, -0.25) is 0 Å². The van der Waals surface area contributed by atoms with Gasteiger partial charge in [0.2, 0.25) is 6.30 Å². The van der Waals surface area contributed by atoms with E-state index in [0.717, 1.165) is 43.6 Å². The zero-order valence-corrected chi connectivity index (χ0v) is 13.0. The monoisotopic (exact) mass is 316 g/mol. The zero-order valence-electron chi connectivity index (χ0n) is 13.0. The van der Waals surface area contributed by atoms with Gasteiger partial charge in [0.1, 0.15) is 0 Å². The van der Waals surface area contributed by atoms with E-state index in [-0.39, 0.29) is 12.6 Å². The SMILES string of the molecule is O=C(NC[C@H](F)n1ccc(-c2ccccc2)n1)N1CCCCC1. The van der Waals surface area contributed by atoms with E-state index in [2.05, 4.69) is 10.4 Å². The van der Waals surface area contributed by atoms with Crippen LogP contribution in [0.3, 0.4) is 0 Å². The second-order valence-electron chi connectivity index (χ2n) is 5.72. The predicted octanol–water partition coefficient (Wildman–Crippen LogP) is 3.21. The molecule has 1 aromatic carbocycles. The average Bonchev–Trinajstić information content (AvgIpc) is 3.11. The third-order valence-corrected chi connectivity index (χ3v) is 4.03. The molecule has 1 aromatic heterocycles. The molecule has 122 valence electrons. The lowest BCUT2D eigenvalue weighted by atomic mass is 10.1. The molecule has 0 aliphatic carbocycles. The Bertz CT molecular complexity index is 637. The second-order valence-corrected chi connectivity index (χ2v) is 5.72. The molecule has 0 saturated carbocycles. The Balaban J connectivity index is 1.55. The van der Waals surface area contributed by atoms with Gasteiger partial charge in [-0.2, -0.15) is 5.10 Å². The van der Waals surface area contributed by atoms with Crippen molar-refractivity contribution in [2.45, 2.75) is 25.6 Å². The third kappa shape index (κ3) is 3.88. The van der Waals surface area contributed by atoms with E-state index in [9.17, 15) is 9.18 Å². The first-order valence-electron chi connectivity index (χ1n) is 8.01. The first-order chi connectivity index (χ1) is 11.2. The Kier molecular flexibility index (Phi) is 4.90. The van der Waals surface area contributed by atoms with Crippen LogP contribution >= 0.6 is 0 Å². The number of likely N-dealkylation sites (tertiary alicyclic amines) is 1. The highest BCUT2D eigenvalue weighted by Gasteiger charge is 2.18. The summed E-state index contributed by atoms with van der Waals surface area (Å²) in [6.07, 6.45) is 3.42.